The van der Waals surface area contributed by atoms with Crippen molar-refractivity contribution in [2.45, 2.75) is 6.42 Å². The van der Waals surface area contributed by atoms with Crippen LogP contribution in [0.3, 0.4) is 0 Å². The van der Waals surface area contributed by atoms with E-state index in [2.05, 4.69) is 36.1 Å². The van der Waals surface area contributed by atoms with E-state index in [-0.39, 0.29) is 5.91 Å². The highest BCUT2D eigenvalue weighted by atomic mass is 79.9. The molecule has 144 valence electrons. The Kier molecular flexibility index (Phi) is 5.71. The lowest BCUT2D eigenvalue weighted by Crippen LogP contribution is -2.49. The number of halogens is 1. The van der Waals surface area contributed by atoms with Crippen LogP contribution in [0.4, 0.5) is 11.5 Å². The second-order valence-corrected chi connectivity index (χ2v) is 7.67. The molecule has 1 N–H and O–H groups in total. The number of amides is 1. The summed E-state index contributed by atoms with van der Waals surface area (Å²) in [4.78, 5) is 25.5. The van der Waals surface area contributed by atoms with E-state index < -0.39 is 0 Å². The van der Waals surface area contributed by atoms with Crippen molar-refractivity contribution in [2.75, 3.05) is 42.9 Å². The first kappa shape index (κ1) is 18.7. The number of pyridine rings is 2. The zero-order chi connectivity index (χ0) is 19.3. The van der Waals surface area contributed by atoms with Crippen LogP contribution < -0.4 is 10.2 Å². The quantitative estimate of drug-likeness (QED) is 0.658. The minimum Gasteiger partial charge on any atom is -0.384 e. The van der Waals surface area contributed by atoms with E-state index in [1.54, 1.807) is 12.4 Å². The average Bonchev–Trinajstić information content (AvgIpc) is 2.74. The largest absolute Gasteiger partial charge is 0.384 e. The number of aromatic nitrogens is 2. The monoisotopic (exact) mass is 439 g/mol. The molecule has 0 unspecified atom stereocenters. The van der Waals surface area contributed by atoms with Gasteiger partial charge in [-0.2, -0.15) is 0 Å². The first-order chi connectivity index (χ1) is 13.7. The maximum atomic E-state index is 12.6. The van der Waals surface area contributed by atoms with Crippen LogP contribution in [0.5, 0.6) is 0 Å². The van der Waals surface area contributed by atoms with Crippen molar-refractivity contribution < 1.29 is 4.79 Å². The summed E-state index contributed by atoms with van der Waals surface area (Å²) in [5.41, 5.74) is 1.93. The molecule has 1 saturated heterocycles. The highest BCUT2D eigenvalue weighted by Crippen LogP contribution is 2.24. The molecule has 0 saturated carbocycles. The zero-order valence-corrected chi connectivity index (χ0v) is 17.1. The van der Waals surface area contributed by atoms with E-state index in [1.165, 1.54) is 0 Å². The first-order valence-electron chi connectivity index (χ1n) is 9.42. The summed E-state index contributed by atoms with van der Waals surface area (Å²) < 4.78 is 1.00. The third-order valence-corrected chi connectivity index (χ3v) is 5.46. The van der Waals surface area contributed by atoms with Crippen LogP contribution in [-0.2, 0) is 4.79 Å². The molecule has 1 amide bonds. The predicted octanol–water partition coefficient (Wildman–Crippen LogP) is 3.54. The predicted molar refractivity (Wildman–Crippen MR) is 116 cm³/mol. The second kappa shape index (κ2) is 8.56. The number of anilines is 2. The van der Waals surface area contributed by atoms with Crippen LogP contribution in [0.1, 0.15) is 6.42 Å². The lowest BCUT2D eigenvalue weighted by atomic mass is 10.2. The minimum absolute atomic E-state index is 0.189. The molecule has 4 rings (SSSR count). The normalized spacial score (nSPS) is 14.3. The molecule has 7 heteroatoms. The number of hydrogen-bond donors (Lipinski definition) is 1. The Morgan fingerprint density at radius 3 is 2.68 bits per heavy atom. The molecule has 0 atom stereocenters. The van der Waals surface area contributed by atoms with Gasteiger partial charge < -0.3 is 15.1 Å². The third-order valence-electron chi connectivity index (χ3n) is 4.96. The molecule has 1 aliphatic heterocycles. The smallest absolute Gasteiger partial charge is 0.224 e. The van der Waals surface area contributed by atoms with E-state index in [9.17, 15) is 4.79 Å². The molecule has 6 nitrogen and oxygen atoms in total. The van der Waals surface area contributed by atoms with Crippen molar-refractivity contribution in [3.8, 4) is 0 Å². The summed E-state index contributed by atoms with van der Waals surface area (Å²) in [6, 6.07) is 13.9. The average molecular weight is 440 g/mol. The van der Waals surface area contributed by atoms with Crippen molar-refractivity contribution >= 4 is 44.2 Å². The van der Waals surface area contributed by atoms with E-state index in [0.717, 1.165) is 53.1 Å². The Balaban J connectivity index is 1.29. The highest BCUT2D eigenvalue weighted by molar-refractivity contribution is 9.10. The maximum Gasteiger partial charge on any atom is 0.224 e. The van der Waals surface area contributed by atoms with Gasteiger partial charge in [-0.1, -0.05) is 22.0 Å². The number of carbonyl (C=O) groups excluding carboxylic acids is 1. The molecule has 0 aliphatic carbocycles. The number of piperazine rings is 1. The Bertz CT molecular complexity index is 957. The van der Waals surface area contributed by atoms with Gasteiger partial charge in [-0.15, -0.1) is 0 Å². The molecule has 1 aromatic carbocycles. The maximum absolute atomic E-state index is 12.6. The second-order valence-electron chi connectivity index (χ2n) is 6.75. The fraction of sp³-hybridized carbons (Fsp3) is 0.286. The Morgan fingerprint density at radius 2 is 1.89 bits per heavy atom. The molecular formula is C21H22BrN5O. The van der Waals surface area contributed by atoms with E-state index in [1.807, 2.05) is 47.4 Å². The first-order valence-corrected chi connectivity index (χ1v) is 10.2. The standard InChI is InChI=1S/C21H22BrN5O/c22-16-4-5-17-18(6-9-24-19(17)15-16)23-10-7-21(28)27-13-11-26(12-14-27)20-3-1-2-8-25-20/h1-6,8-9,15H,7,10-14H2,(H,23,24). The molecule has 3 heterocycles. The van der Waals surface area contributed by atoms with Crippen molar-refractivity contribution in [3.05, 3.63) is 59.3 Å². The summed E-state index contributed by atoms with van der Waals surface area (Å²) in [6.07, 6.45) is 4.07. The van der Waals surface area contributed by atoms with Gasteiger partial charge in [0.05, 0.1) is 5.52 Å². The van der Waals surface area contributed by atoms with Gasteiger partial charge in [0.1, 0.15) is 5.82 Å². The van der Waals surface area contributed by atoms with E-state index in [4.69, 9.17) is 0 Å². The highest BCUT2D eigenvalue weighted by Gasteiger charge is 2.21. The molecule has 0 spiro atoms. The zero-order valence-electron chi connectivity index (χ0n) is 15.5. The topological polar surface area (TPSA) is 61.4 Å². The third kappa shape index (κ3) is 4.25. The summed E-state index contributed by atoms with van der Waals surface area (Å²) in [7, 11) is 0. The van der Waals surface area contributed by atoms with Crippen molar-refractivity contribution in [3.63, 3.8) is 0 Å². The Labute approximate surface area is 172 Å². The Hall–Kier alpha value is -2.67. The number of nitrogens with one attached hydrogen (secondary N) is 1. The number of fused-ring (bicyclic) bond motifs is 1. The van der Waals surface area contributed by atoms with Gasteiger partial charge in [0.25, 0.3) is 0 Å². The number of nitrogens with zero attached hydrogens (tertiary/aromatic N) is 4. The van der Waals surface area contributed by atoms with Crippen LogP contribution in [-0.4, -0.2) is 53.5 Å². The van der Waals surface area contributed by atoms with Crippen LogP contribution >= 0.6 is 15.9 Å². The lowest BCUT2D eigenvalue weighted by molar-refractivity contribution is -0.131. The SMILES string of the molecule is O=C(CCNc1ccnc2cc(Br)ccc12)N1CCN(c2ccccn2)CC1. The summed E-state index contributed by atoms with van der Waals surface area (Å²) in [5.74, 6) is 1.17. The van der Waals surface area contributed by atoms with Crippen LogP contribution in [0.2, 0.25) is 0 Å². The molecule has 0 bridgehead atoms. The van der Waals surface area contributed by atoms with Gasteiger partial charge in [-0.25, -0.2) is 4.98 Å². The molecule has 0 radical (unpaired) electrons. The lowest BCUT2D eigenvalue weighted by Gasteiger charge is -2.35. The fourth-order valence-electron chi connectivity index (χ4n) is 3.46. The van der Waals surface area contributed by atoms with Crippen molar-refractivity contribution in [1.82, 2.24) is 14.9 Å². The molecule has 1 aliphatic rings. The fourth-order valence-corrected chi connectivity index (χ4v) is 3.81. The van der Waals surface area contributed by atoms with Crippen molar-refractivity contribution in [2.24, 2.45) is 0 Å². The van der Waals surface area contributed by atoms with Gasteiger partial charge in [-0.05, 0) is 36.4 Å². The van der Waals surface area contributed by atoms with Crippen LogP contribution in [0.15, 0.2) is 59.3 Å². The summed E-state index contributed by atoms with van der Waals surface area (Å²) in [6.45, 7) is 3.72. The number of carbonyl (C=O) groups is 1. The van der Waals surface area contributed by atoms with Gasteiger partial charge in [0.2, 0.25) is 5.91 Å². The molecule has 3 aromatic rings. The van der Waals surface area contributed by atoms with E-state index >= 15 is 0 Å². The van der Waals surface area contributed by atoms with Gasteiger partial charge >= 0.3 is 0 Å². The molecular weight excluding hydrogens is 418 g/mol. The van der Waals surface area contributed by atoms with Gasteiger partial charge in [-0.3, -0.25) is 9.78 Å². The number of rotatable bonds is 5. The van der Waals surface area contributed by atoms with Crippen LogP contribution in [0, 0.1) is 0 Å². The number of benzene rings is 1. The molecule has 2 aromatic heterocycles. The summed E-state index contributed by atoms with van der Waals surface area (Å²) >= 11 is 3.47. The minimum atomic E-state index is 0.189. The molecule has 28 heavy (non-hydrogen) atoms. The summed E-state index contributed by atoms with van der Waals surface area (Å²) in [5, 5.41) is 4.45. The van der Waals surface area contributed by atoms with E-state index in [0.29, 0.717) is 13.0 Å². The Morgan fingerprint density at radius 1 is 1.04 bits per heavy atom. The van der Waals surface area contributed by atoms with Gasteiger partial charge in [0, 0.05) is 67.1 Å². The van der Waals surface area contributed by atoms with Crippen molar-refractivity contribution in [1.29, 1.82) is 0 Å². The number of hydrogen-bond acceptors (Lipinski definition) is 5. The molecule has 1 fully saturated rings. The van der Waals surface area contributed by atoms with Gasteiger partial charge in [0.15, 0.2) is 0 Å². The van der Waals surface area contributed by atoms with Crippen LogP contribution in [0.25, 0.3) is 10.9 Å².